The lowest BCUT2D eigenvalue weighted by Crippen LogP contribution is -2.49. The van der Waals surface area contributed by atoms with Gasteiger partial charge >= 0.3 is 6.03 Å². The molecule has 2 N–H and O–H groups in total. The first kappa shape index (κ1) is 14.6. The predicted octanol–water partition coefficient (Wildman–Crippen LogP) is 1.34. The van der Waals surface area contributed by atoms with Gasteiger partial charge in [-0.3, -0.25) is 14.9 Å². The molecule has 0 saturated carbocycles. The second-order valence-corrected chi connectivity index (χ2v) is 5.71. The van der Waals surface area contributed by atoms with E-state index in [0.29, 0.717) is 13.0 Å². The minimum absolute atomic E-state index is 0.0533. The molecule has 0 aromatic heterocycles. The van der Waals surface area contributed by atoms with Crippen molar-refractivity contribution >= 4 is 17.8 Å². The van der Waals surface area contributed by atoms with E-state index < -0.39 is 12.1 Å². The fraction of sp³-hybridized carbons (Fsp3) is 0.438. The van der Waals surface area contributed by atoms with Crippen LogP contribution < -0.4 is 10.6 Å². The number of nitrogens with zero attached hydrogens (tertiary/aromatic N) is 1. The third-order valence-electron chi connectivity index (χ3n) is 4.24. The van der Waals surface area contributed by atoms with Crippen LogP contribution in [-0.4, -0.2) is 35.3 Å². The molecule has 116 valence electrons. The lowest BCUT2D eigenvalue weighted by Gasteiger charge is -2.28. The molecule has 22 heavy (non-hydrogen) atoms. The molecule has 0 aliphatic carbocycles. The van der Waals surface area contributed by atoms with E-state index in [4.69, 9.17) is 0 Å². The van der Waals surface area contributed by atoms with Gasteiger partial charge in [-0.1, -0.05) is 30.3 Å². The highest BCUT2D eigenvalue weighted by Gasteiger charge is 2.35. The van der Waals surface area contributed by atoms with E-state index in [1.165, 1.54) is 0 Å². The van der Waals surface area contributed by atoms with Gasteiger partial charge in [-0.25, -0.2) is 4.79 Å². The molecule has 6 heteroatoms. The largest absolute Gasteiger partial charge is 0.334 e. The summed E-state index contributed by atoms with van der Waals surface area (Å²) in [6, 6.07) is 8.76. The van der Waals surface area contributed by atoms with Crippen LogP contribution in [0.5, 0.6) is 0 Å². The molecule has 2 aliphatic heterocycles. The lowest BCUT2D eigenvalue weighted by molar-refractivity contribution is -0.134. The van der Waals surface area contributed by atoms with Gasteiger partial charge in [-0.05, 0) is 24.8 Å². The third kappa shape index (κ3) is 2.95. The van der Waals surface area contributed by atoms with Gasteiger partial charge in [0.25, 0.3) is 0 Å². The van der Waals surface area contributed by atoms with Crippen molar-refractivity contribution in [1.82, 2.24) is 15.5 Å². The molecule has 6 nitrogen and oxygen atoms in total. The Bertz CT molecular complexity index is 588. The first-order valence-corrected chi connectivity index (χ1v) is 7.61. The van der Waals surface area contributed by atoms with Crippen LogP contribution in [-0.2, 0) is 9.59 Å². The number of carbonyl (C=O) groups excluding carboxylic acids is 3. The molecule has 2 heterocycles. The van der Waals surface area contributed by atoms with Gasteiger partial charge < -0.3 is 10.2 Å². The molecule has 0 spiro atoms. The Morgan fingerprint density at radius 2 is 1.91 bits per heavy atom. The molecule has 0 bridgehead atoms. The van der Waals surface area contributed by atoms with Crippen LogP contribution in [0, 0.1) is 0 Å². The molecule has 2 fully saturated rings. The fourth-order valence-corrected chi connectivity index (χ4v) is 3.17. The van der Waals surface area contributed by atoms with Crippen LogP contribution in [0.15, 0.2) is 30.3 Å². The van der Waals surface area contributed by atoms with Crippen molar-refractivity contribution in [3.05, 3.63) is 35.9 Å². The van der Waals surface area contributed by atoms with Crippen molar-refractivity contribution in [3.8, 4) is 0 Å². The van der Waals surface area contributed by atoms with Crippen LogP contribution in [0.3, 0.4) is 0 Å². The Balaban J connectivity index is 1.76. The van der Waals surface area contributed by atoms with Crippen molar-refractivity contribution in [1.29, 1.82) is 0 Å². The van der Waals surface area contributed by atoms with Crippen LogP contribution in [0.1, 0.15) is 37.3 Å². The highest BCUT2D eigenvalue weighted by atomic mass is 16.2. The number of amides is 4. The maximum Gasteiger partial charge on any atom is 0.322 e. The van der Waals surface area contributed by atoms with Crippen LogP contribution in [0.2, 0.25) is 0 Å². The minimum atomic E-state index is -0.629. The van der Waals surface area contributed by atoms with Gasteiger partial charge in [0.2, 0.25) is 11.8 Å². The Morgan fingerprint density at radius 1 is 1.14 bits per heavy atom. The molecule has 4 amide bonds. The summed E-state index contributed by atoms with van der Waals surface area (Å²) < 4.78 is 0. The highest BCUT2D eigenvalue weighted by molar-refractivity contribution is 5.98. The van der Waals surface area contributed by atoms with Crippen molar-refractivity contribution in [2.45, 2.75) is 37.8 Å². The number of imide groups is 1. The van der Waals surface area contributed by atoms with Crippen LogP contribution in [0.4, 0.5) is 4.79 Å². The number of hydrogen-bond donors (Lipinski definition) is 2. The SMILES string of the molecule is O=C1CC[C@@H](C(=O)N2CCC[C@H]2c2ccccc2)NC(=O)N1. The number of hydrogen-bond acceptors (Lipinski definition) is 3. The summed E-state index contributed by atoms with van der Waals surface area (Å²) in [6.45, 7) is 0.687. The first-order chi connectivity index (χ1) is 10.6. The van der Waals surface area contributed by atoms with E-state index in [1.54, 1.807) is 0 Å². The molecule has 3 rings (SSSR count). The van der Waals surface area contributed by atoms with E-state index in [1.807, 2.05) is 35.2 Å². The zero-order chi connectivity index (χ0) is 15.5. The molecule has 0 unspecified atom stereocenters. The maximum absolute atomic E-state index is 12.8. The van der Waals surface area contributed by atoms with E-state index >= 15 is 0 Å². The smallest absolute Gasteiger partial charge is 0.322 e. The maximum atomic E-state index is 12.8. The monoisotopic (exact) mass is 301 g/mol. The summed E-state index contributed by atoms with van der Waals surface area (Å²) in [5.74, 6) is -0.440. The molecule has 2 aliphatic rings. The van der Waals surface area contributed by atoms with Gasteiger partial charge in [-0.2, -0.15) is 0 Å². The molecular formula is C16H19N3O3. The van der Waals surface area contributed by atoms with Gasteiger partial charge in [0.05, 0.1) is 6.04 Å². The Kier molecular flexibility index (Phi) is 4.09. The van der Waals surface area contributed by atoms with Gasteiger partial charge in [-0.15, -0.1) is 0 Å². The van der Waals surface area contributed by atoms with Crippen LogP contribution >= 0.6 is 0 Å². The average Bonchev–Trinajstić information content (AvgIpc) is 2.94. The molecule has 2 atom stereocenters. The van der Waals surface area contributed by atoms with Crippen molar-refractivity contribution in [2.24, 2.45) is 0 Å². The first-order valence-electron chi connectivity index (χ1n) is 7.61. The number of likely N-dealkylation sites (tertiary alicyclic amines) is 1. The zero-order valence-corrected chi connectivity index (χ0v) is 12.2. The Morgan fingerprint density at radius 3 is 2.68 bits per heavy atom. The number of benzene rings is 1. The summed E-state index contributed by atoms with van der Waals surface area (Å²) in [5, 5.41) is 4.80. The molecule has 2 saturated heterocycles. The summed E-state index contributed by atoms with van der Waals surface area (Å²) in [4.78, 5) is 37.5. The minimum Gasteiger partial charge on any atom is -0.334 e. The Labute approximate surface area is 128 Å². The Hall–Kier alpha value is -2.37. The molecule has 1 aromatic carbocycles. The number of urea groups is 1. The number of rotatable bonds is 2. The van der Waals surface area contributed by atoms with Crippen molar-refractivity contribution < 1.29 is 14.4 Å². The lowest BCUT2D eigenvalue weighted by atomic mass is 10.0. The second kappa shape index (κ2) is 6.17. The van der Waals surface area contributed by atoms with E-state index in [2.05, 4.69) is 10.6 Å². The molecule has 1 aromatic rings. The average molecular weight is 301 g/mol. The fourth-order valence-electron chi connectivity index (χ4n) is 3.17. The van der Waals surface area contributed by atoms with Gasteiger partial charge in [0.15, 0.2) is 0 Å². The summed E-state index contributed by atoms with van der Waals surface area (Å²) in [5.41, 5.74) is 1.11. The van der Waals surface area contributed by atoms with Gasteiger partial charge in [0.1, 0.15) is 6.04 Å². The van der Waals surface area contributed by atoms with E-state index in [9.17, 15) is 14.4 Å². The van der Waals surface area contributed by atoms with E-state index in [0.717, 1.165) is 18.4 Å². The normalized spacial score (nSPS) is 25.4. The van der Waals surface area contributed by atoms with Crippen molar-refractivity contribution in [2.75, 3.05) is 6.54 Å². The summed E-state index contributed by atoms with van der Waals surface area (Å²) in [7, 11) is 0. The number of nitrogens with one attached hydrogen (secondary N) is 2. The standard InChI is InChI=1S/C16H19N3O3/c20-14-9-8-12(17-16(22)18-14)15(21)19-10-4-7-13(19)11-5-2-1-3-6-11/h1-3,5-6,12-13H,4,7-10H2,(H2,17,18,20,22)/t12-,13-/m0/s1. The zero-order valence-electron chi connectivity index (χ0n) is 12.2. The predicted molar refractivity (Wildman–Crippen MR) is 79.8 cm³/mol. The van der Waals surface area contributed by atoms with Crippen LogP contribution in [0.25, 0.3) is 0 Å². The quantitative estimate of drug-likeness (QED) is 0.865. The molecule has 0 radical (unpaired) electrons. The highest BCUT2D eigenvalue weighted by Crippen LogP contribution is 2.32. The van der Waals surface area contributed by atoms with Crippen molar-refractivity contribution in [3.63, 3.8) is 0 Å². The van der Waals surface area contributed by atoms with E-state index in [-0.39, 0.29) is 24.3 Å². The second-order valence-electron chi connectivity index (χ2n) is 5.71. The van der Waals surface area contributed by atoms with Gasteiger partial charge in [0, 0.05) is 13.0 Å². The summed E-state index contributed by atoms with van der Waals surface area (Å²) >= 11 is 0. The summed E-state index contributed by atoms with van der Waals surface area (Å²) in [6.07, 6.45) is 2.39. The topological polar surface area (TPSA) is 78.5 Å². The molecular weight excluding hydrogens is 282 g/mol. The number of carbonyl (C=O) groups is 3. The third-order valence-corrected chi connectivity index (χ3v) is 4.24.